The van der Waals surface area contributed by atoms with Gasteiger partial charge in [-0.15, -0.1) is 0 Å². The molecule has 0 saturated carbocycles. The number of carbonyl (C=O) groups excluding carboxylic acids is 1. The number of hydrogen-bond acceptors (Lipinski definition) is 3. The maximum absolute atomic E-state index is 9.71. The minimum absolute atomic E-state index is 0.0677. The molecule has 78 valence electrons. The predicted molar refractivity (Wildman–Crippen MR) is 54.7 cm³/mol. The summed E-state index contributed by atoms with van der Waals surface area (Å²) in [4.78, 5) is 9.71. The van der Waals surface area contributed by atoms with E-state index in [-0.39, 0.29) is 5.54 Å². The fraction of sp³-hybridized carbons (Fsp3) is 0.889. The second kappa shape index (κ2) is 6.86. The van der Waals surface area contributed by atoms with Crippen molar-refractivity contribution in [2.24, 2.45) is 0 Å². The topological polar surface area (TPSA) is 53.2 Å². The molecule has 1 aliphatic heterocycles. The molecule has 4 heteroatoms. The average molecular weight is 187 g/mol. The van der Waals surface area contributed by atoms with Gasteiger partial charge in [-0.1, -0.05) is 0 Å². The van der Waals surface area contributed by atoms with Gasteiger partial charge in [0, 0.05) is 31.7 Å². The van der Waals surface area contributed by atoms with Crippen LogP contribution in [0.3, 0.4) is 0 Å². The van der Waals surface area contributed by atoms with Crippen LogP contribution >= 0.6 is 0 Å². The lowest BCUT2D eigenvalue weighted by Gasteiger charge is -2.15. The summed E-state index contributed by atoms with van der Waals surface area (Å²) >= 11 is 0. The number of amides is 1. The molecule has 0 aromatic rings. The van der Waals surface area contributed by atoms with Gasteiger partial charge in [0.1, 0.15) is 0 Å². The van der Waals surface area contributed by atoms with Crippen LogP contribution in [0.5, 0.6) is 0 Å². The normalized spacial score (nSPS) is 16.8. The third-order valence-electron chi connectivity index (χ3n) is 1.45. The summed E-state index contributed by atoms with van der Waals surface area (Å²) in [7, 11) is 0. The molecule has 0 aromatic heterocycles. The zero-order chi connectivity index (χ0) is 10.2. The van der Waals surface area contributed by atoms with Gasteiger partial charge in [0.2, 0.25) is 6.41 Å². The van der Waals surface area contributed by atoms with E-state index in [0.717, 1.165) is 26.2 Å². The van der Waals surface area contributed by atoms with Crippen molar-refractivity contribution in [2.75, 3.05) is 26.2 Å². The lowest BCUT2D eigenvalue weighted by atomic mass is 10.1. The van der Waals surface area contributed by atoms with Gasteiger partial charge in [0.15, 0.2) is 0 Å². The molecule has 13 heavy (non-hydrogen) atoms. The largest absolute Gasteiger partial charge is 0.354 e. The molecule has 0 spiro atoms. The van der Waals surface area contributed by atoms with Crippen LogP contribution in [0.1, 0.15) is 20.8 Å². The quantitative estimate of drug-likeness (QED) is 0.494. The standard InChI is InChI=1S/C5H11NO.C4H10N2/c1-5(2,3)6-4-7;1-2-6-4-3-5-1/h4H,1-3H3,(H,6,7);5-6H,1-4H2. The molecule has 0 bridgehead atoms. The van der Waals surface area contributed by atoms with E-state index < -0.39 is 0 Å². The Hall–Kier alpha value is -0.610. The molecule has 1 amide bonds. The van der Waals surface area contributed by atoms with Crippen molar-refractivity contribution in [1.82, 2.24) is 16.0 Å². The van der Waals surface area contributed by atoms with Gasteiger partial charge in [-0.25, -0.2) is 0 Å². The highest BCUT2D eigenvalue weighted by molar-refractivity contribution is 5.47. The van der Waals surface area contributed by atoms with E-state index in [1.165, 1.54) is 0 Å². The SMILES string of the molecule is C1CNCCN1.CC(C)(C)NC=O. The minimum atomic E-state index is -0.0677. The van der Waals surface area contributed by atoms with Gasteiger partial charge in [-0.3, -0.25) is 4.79 Å². The van der Waals surface area contributed by atoms with E-state index in [1.807, 2.05) is 20.8 Å². The monoisotopic (exact) mass is 187 g/mol. The number of piperazine rings is 1. The van der Waals surface area contributed by atoms with E-state index >= 15 is 0 Å². The van der Waals surface area contributed by atoms with Gasteiger partial charge in [-0.05, 0) is 20.8 Å². The van der Waals surface area contributed by atoms with Crippen LogP contribution < -0.4 is 16.0 Å². The van der Waals surface area contributed by atoms with Crippen LogP contribution in [0.15, 0.2) is 0 Å². The summed E-state index contributed by atoms with van der Waals surface area (Å²) in [5, 5.41) is 9.05. The molecule has 0 aliphatic carbocycles. The van der Waals surface area contributed by atoms with Crippen LogP contribution in [0.25, 0.3) is 0 Å². The first-order valence-electron chi connectivity index (χ1n) is 4.69. The molecule has 0 radical (unpaired) electrons. The maximum atomic E-state index is 9.71. The van der Waals surface area contributed by atoms with Gasteiger partial charge >= 0.3 is 0 Å². The third kappa shape index (κ3) is 11.4. The van der Waals surface area contributed by atoms with Gasteiger partial charge < -0.3 is 16.0 Å². The zero-order valence-electron chi connectivity index (χ0n) is 8.81. The molecule has 1 heterocycles. The van der Waals surface area contributed by atoms with E-state index in [1.54, 1.807) is 0 Å². The molecule has 0 aromatic carbocycles. The van der Waals surface area contributed by atoms with Crippen molar-refractivity contribution in [2.45, 2.75) is 26.3 Å². The zero-order valence-corrected chi connectivity index (χ0v) is 8.81. The maximum Gasteiger partial charge on any atom is 0.207 e. The summed E-state index contributed by atoms with van der Waals surface area (Å²) in [6.07, 6.45) is 0.708. The minimum Gasteiger partial charge on any atom is -0.354 e. The third-order valence-corrected chi connectivity index (χ3v) is 1.45. The van der Waals surface area contributed by atoms with Crippen LogP contribution in [0.4, 0.5) is 0 Å². The Kier molecular flexibility index (Phi) is 6.54. The number of hydrogen-bond donors (Lipinski definition) is 3. The summed E-state index contributed by atoms with van der Waals surface area (Å²) in [5.41, 5.74) is -0.0677. The molecular weight excluding hydrogens is 166 g/mol. The second-order valence-electron chi connectivity index (χ2n) is 4.01. The Morgan fingerprint density at radius 2 is 1.46 bits per heavy atom. The summed E-state index contributed by atoms with van der Waals surface area (Å²) in [5.74, 6) is 0. The molecular formula is C9H21N3O. The van der Waals surface area contributed by atoms with E-state index in [9.17, 15) is 4.79 Å². The molecule has 0 unspecified atom stereocenters. The van der Waals surface area contributed by atoms with Gasteiger partial charge in [0.05, 0.1) is 0 Å². The van der Waals surface area contributed by atoms with Gasteiger partial charge in [-0.2, -0.15) is 0 Å². The van der Waals surface area contributed by atoms with Crippen LogP contribution in [0, 0.1) is 0 Å². The van der Waals surface area contributed by atoms with Gasteiger partial charge in [0.25, 0.3) is 0 Å². The first kappa shape index (κ1) is 12.4. The Morgan fingerprint density at radius 1 is 1.08 bits per heavy atom. The van der Waals surface area contributed by atoms with Crippen molar-refractivity contribution in [3.63, 3.8) is 0 Å². The molecule has 3 N–H and O–H groups in total. The van der Waals surface area contributed by atoms with Crippen LogP contribution in [-0.2, 0) is 4.79 Å². The molecule has 1 saturated heterocycles. The lowest BCUT2D eigenvalue weighted by molar-refractivity contribution is -0.110. The lowest BCUT2D eigenvalue weighted by Crippen LogP contribution is -2.39. The van der Waals surface area contributed by atoms with Crippen molar-refractivity contribution < 1.29 is 4.79 Å². The van der Waals surface area contributed by atoms with Crippen LogP contribution in [0.2, 0.25) is 0 Å². The van der Waals surface area contributed by atoms with E-state index in [2.05, 4.69) is 16.0 Å². The molecule has 1 aliphatic rings. The Labute approximate surface area is 80.5 Å². The predicted octanol–water partition coefficient (Wildman–Crippen LogP) is -0.290. The average Bonchev–Trinajstić information content (AvgIpc) is 2.06. The number of carbonyl (C=O) groups is 1. The number of nitrogens with one attached hydrogen (secondary N) is 3. The summed E-state index contributed by atoms with van der Waals surface area (Å²) in [6, 6.07) is 0. The molecule has 1 rings (SSSR count). The van der Waals surface area contributed by atoms with Crippen molar-refractivity contribution in [1.29, 1.82) is 0 Å². The molecule has 0 atom stereocenters. The fourth-order valence-electron chi connectivity index (χ4n) is 0.780. The Balaban J connectivity index is 0.000000223. The highest BCUT2D eigenvalue weighted by Gasteiger charge is 2.04. The first-order chi connectivity index (χ1) is 6.06. The van der Waals surface area contributed by atoms with Crippen molar-refractivity contribution >= 4 is 6.41 Å². The number of rotatable bonds is 1. The summed E-state index contributed by atoms with van der Waals surface area (Å²) in [6.45, 7) is 10.4. The fourth-order valence-corrected chi connectivity index (χ4v) is 0.780. The van der Waals surface area contributed by atoms with E-state index in [0.29, 0.717) is 6.41 Å². The molecule has 4 nitrogen and oxygen atoms in total. The molecule has 1 fully saturated rings. The van der Waals surface area contributed by atoms with Crippen LogP contribution in [-0.4, -0.2) is 38.1 Å². The Morgan fingerprint density at radius 3 is 1.54 bits per heavy atom. The smallest absolute Gasteiger partial charge is 0.207 e. The van der Waals surface area contributed by atoms with Crippen molar-refractivity contribution in [3.05, 3.63) is 0 Å². The second-order valence-corrected chi connectivity index (χ2v) is 4.01. The van der Waals surface area contributed by atoms with E-state index in [4.69, 9.17) is 0 Å². The van der Waals surface area contributed by atoms with Crippen molar-refractivity contribution in [3.8, 4) is 0 Å². The highest BCUT2D eigenvalue weighted by atomic mass is 16.1. The summed E-state index contributed by atoms with van der Waals surface area (Å²) < 4.78 is 0. The highest BCUT2D eigenvalue weighted by Crippen LogP contribution is 1.94. The first-order valence-corrected chi connectivity index (χ1v) is 4.69. The Bertz CT molecular complexity index is 116.